The van der Waals surface area contributed by atoms with Crippen molar-refractivity contribution in [3.63, 3.8) is 0 Å². The summed E-state index contributed by atoms with van der Waals surface area (Å²) < 4.78 is 0. The zero-order chi connectivity index (χ0) is 10.8. The largest absolute Gasteiger partial charge is 0.296 e. The van der Waals surface area contributed by atoms with Gasteiger partial charge in [0.2, 0.25) is 5.91 Å². The first-order chi connectivity index (χ1) is 7.20. The zero-order valence-electron chi connectivity index (χ0n) is 7.98. The second-order valence-electron chi connectivity index (χ2n) is 3.41. The Balaban J connectivity index is 2.22. The molecule has 1 unspecified atom stereocenters. The molecule has 1 amide bonds. The summed E-state index contributed by atoms with van der Waals surface area (Å²) in [5.74, 6) is 3.22. The Morgan fingerprint density at radius 1 is 1.60 bits per heavy atom. The van der Waals surface area contributed by atoms with Gasteiger partial charge in [0.1, 0.15) is 5.82 Å². The lowest BCUT2D eigenvalue weighted by molar-refractivity contribution is -0.117. The molecule has 3 nitrogen and oxygen atoms in total. The normalized spacial score (nSPS) is 20.4. The van der Waals surface area contributed by atoms with Gasteiger partial charge in [-0.1, -0.05) is 11.6 Å². The minimum atomic E-state index is -0.00465. The number of halogens is 1. The third kappa shape index (κ3) is 1.95. The van der Waals surface area contributed by atoms with E-state index in [-0.39, 0.29) is 11.8 Å². The van der Waals surface area contributed by atoms with Crippen molar-refractivity contribution in [2.75, 3.05) is 11.4 Å². The molecule has 2 rings (SSSR count). The molecule has 76 valence electrons. The van der Waals surface area contributed by atoms with E-state index >= 15 is 0 Å². The number of carbonyl (C=O) groups excluding carboxylic acids is 1. The Kier molecular flexibility index (Phi) is 2.61. The van der Waals surface area contributed by atoms with Gasteiger partial charge in [0.15, 0.2) is 0 Å². The summed E-state index contributed by atoms with van der Waals surface area (Å²) in [6, 6.07) is 3.43. The molecule has 4 heteroatoms. The number of amides is 1. The standard InChI is InChI=1S/C11H9ClN2O/c1-2-8-5-11(15)14(7-8)10-4-3-9(12)6-13-10/h1,3-4,6,8H,5,7H2. The molecule has 1 aromatic heterocycles. The topological polar surface area (TPSA) is 33.2 Å². The number of pyridine rings is 1. The van der Waals surface area contributed by atoms with Crippen LogP contribution in [0.3, 0.4) is 0 Å². The molecule has 0 radical (unpaired) electrons. The van der Waals surface area contributed by atoms with Crippen molar-refractivity contribution in [3.8, 4) is 12.3 Å². The Morgan fingerprint density at radius 2 is 2.40 bits per heavy atom. The Hall–Kier alpha value is -1.53. The van der Waals surface area contributed by atoms with Gasteiger partial charge in [-0.2, -0.15) is 0 Å². The van der Waals surface area contributed by atoms with E-state index in [4.69, 9.17) is 18.0 Å². The fraction of sp³-hybridized carbons (Fsp3) is 0.273. The second-order valence-corrected chi connectivity index (χ2v) is 3.84. The lowest BCUT2D eigenvalue weighted by Crippen LogP contribution is -2.25. The van der Waals surface area contributed by atoms with Gasteiger partial charge in [-0.25, -0.2) is 4.98 Å². The van der Waals surface area contributed by atoms with Crippen molar-refractivity contribution in [1.29, 1.82) is 0 Å². The summed E-state index contributed by atoms with van der Waals surface area (Å²) in [6.45, 7) is 0.546. The second kappa shape index (κ2) is 3.92. The summed E-state index contributed by atoms with van der Waals surface area (Å²) >= 11 is 5.71. The van der Waals surface area contributed by atoms with Crippen LogP contribution in [-0.4, -0.2) is 17.4 Å². The number of terminal acetylenes is 1. The number of carbonyl (C=O) groups is 1. The minimum Gasteiger partial charge on any atom is -0.296 e. The highest BCUT2D eigenvalue weighted by Gasteiger charge is 2.29. The van der Waals surface area contributed by atoms with Crippen LogP contribution in [-0.2, 0) is 4.79 Å². The van der Waals surface area contributed by atoms with Crippen LogP contribution < -0.4 is 4.90 Å². The van der Waals surface area contributed by atoms with Gasteiger partial charge in [0.25, 0.3) is 0 Å². The molecular weight excluding hydrogens is 212 g/mol. The van der Waals surface area contributed by atoms with Gasteiger partial charge >= 0.3 is 0 Å². The van der Waals surface area contributed by atoms with Gasteiger partial charge in [-0.05, 0) is 12.1 Å². The molecule has 1 fully saturated rings. The van der Waals surface area contributed by atoms with Crippen LogP contribution in [0.25, 0.3) is 0 Å². The smallest absolute Gasteiger partial charge is 0.229 e. The molecule has 1 saturated heterocycles. The van der Waals surface area contributed by atoms with Crippen LogP contribution in [0.1, 0.15) is 6.42 Å². The number of hydrogen-bond donors (Lipinski definition) is 0. The van der Waals surface area contributed by atoms with Crippen molar-refractivity contribution >= 4 is 23.3 Å². The van der Waals surface area contributed by atoms with Gasteiger partial charge in [-0.15, -0.1) is 12.3 Å². The highest BCUT2D eigenvalue weighted by Crippen LogP contribution is 2.23. The molecule has 1 aromatic rings. The SMILES string of the molecule is C#CC1CC(=O)N(c2ccc(Cl)cn2)C1. The van der Waals surface area contributed by atoms with Crippen LogP contribution in [0.15, 0.2) is 18.3 Å². The summed E-state index contributed by atoms with van der Waals surface area (Å²) in [5, 5.41) is 0.555. The van der Waals surface area contributed by atoms with E-state index in [1.165, 1.54) is 6.20 Å². The van der Waals surface area contributed by atoms with Crippen molar-refractivity contribution in [2.45, 2.75) is 6.42 Å². The van der Waals surface area contributed by atoms with E-state index in [1.807, 2.05) is 0 Å². The van der Waals surface area contributed by atoms with Crippen LogP contribution in [0.5, 0.6) is 0 Å². The van der Waals surface area contributed by atoms with E-state index in [0.29, 0.717) is 23.8 Å². The molecule has 0 aromatic carbocycles. The summed E-state index contributed by atoms with van der Waals surface area (Å²) in [4.78, 5) is 17.3. The quantitative estimate of drug-likeness (QED) is 0.676. The summed E-state index contributed by atoms with van der Waals surface area (Å²) in [7, 11) is 0. The van der Waals surface area contributed by atoms with E-state index in [0.717, 1.165) is 0 Å². The predicted molar refractivity (Wildman–Crippen MR) is 58.5 cm³/mol. The average molecular weight is 221 g/mol. The molecule has 0 aliphatic carbocycles. The van der Waals surface area contributed by atoms with E-state index in [2.05, 4.69) is 10.9 Å². The third-order valence-electron chi connectivity index (χ3n) is 2.35. The van der Waals surface area contributed by atoms with E-state index < -0.39 is 0 Å². The fourth-order valence-electron chi connectivity index (χ4n) is 1.57. The van der Waals surface area contributed by atoms with E-state index in [9.17, 15) is 4.79 Å². The Bertz CT molecular complexity index is 421. The maximum Gasteiger partial charge on any atom is 0.229 e. The lowest BCUT2D eigenvalue weighted by atomic mass is 10.1. The molecule has 2 heterocycles. The number of aromatic nitrogens is 1. The van der Waals surface area contributed by atoms with Gasteiger partial charge < -0.3 is 0 Å². The molecule has 0 bridgehead atoms. The van der Waals surface area contributed by atoms with Gasteiger partial charge in [-0.3, -0.25) is 9.69 Å². The van der Waals surface area contributed by atoms with Crippen LogP contribution >= 0.6 is 11.6 Å². The molecule has 0 spiro atoms. The van der Waals surface area contributed by atoms with E-state index in [1.54, 1.807) is 17.0 Å². The minimum absolute atomic E-state index is 0.00465. The van der Waals surface area contributed by atoms with Crippen LogP contribution in [0.2, 0.25) is 5.02 Å². The lowest BCUT2D eigenvalue weighted by Gasteiger charge is -2.14. The number of rotatable bonds is 1. The molecule has 15 heavy (non-hydrogen) atoms. The summed E-state index contributed by atoms with van der Waals surface area (Å²) in [5.41, 5.74) is 0. The molecule has 1 aliphatic rings. The molecule has 1 atom stereocenters. The Labute approximate surface area is 93.1 Å². The fourth-order valence-corrected chi connectivity index (χ4v) is 1.68. The number of anilines is 1. The molecule has 0 N–H and O–H groups in total. The van der Waals surface area contributed by atoms with Crippen molar-refractivity contribution in [3.05, 3.63) is 23.4 Å². The summed E-state index contributed by atoms with van der Waals surface area (Å²) in [6.07, 6.45) is 7.21. The number of hydrogen-bond acceptors (Lipinski definition) is 2. The highest BCUT2D eigenvalue weighted by atomic mass is 35.5. The Morgan fingerprint density at radius 3 is 2.93 bits per heavy atom. The van der Waals surface area contributed by atoms with Crippen LogP contribution in [0, 0.1) is 18.3 Å². The molecule has 1 aliphatic heterocycles. The first-order valence-electron chi connectivity index (χ1n) is 4.59. The van der Waals surface area contributed by atoms with Crippen molar-refractivity contribution < 1.29 is 4.79 Å². The first-order valence-corrected chi connectivity index (χ1v) is 4.96. The van der Waals surface area contributed by atoms with Gasteiger partial charge in [0.05, 0.1) is 5.02 Å². The maximum absolute atomic E-state index is 11.6. The monoisotopic (exact) mass is 220 g/mol. The predicted octanol–water partition coefficient (Wildman–Crippen LogP) is 1.72. The first kappa shape index (κ1) is 10.0. The van der Waals surface area contributed by atoms with Gasteiger partial charge in [0, 0.05) is 25.1 Å². The van der Waals surface area contributed by atoms with Crippen molar-refractivity contribution in [2.24, 2.45) is 5.92 Å². The average Bonchev–Trinajstić information content (AvgIpc) is 2.61. The maximum atomic E-state index is 11.6. The van der Waals surface area contributed by atoms with Crippen LogP contribution in [0.4, 0.5) is 5.82 Å². The van der Waals surface area contributed by atoms with Crippen molar-refractivity contribution in [1.82, 2.24) is 4.98 Å². The molecular formula is C11H9ClN2O. The third-order valence-corrected chi connectivity index (χ3v) is 2.57. The zero-order valence-corrected chi connectivity index (χ0v) is 8.74. The number of nitrogens with zero attached hydrogens (tertiary/aromatic N) is 2. The highest BCUT2D eigenvalue weighted by molar-refractivity contribution is 6.30. The molecule has 0 saturated carbocycles.